The van der Waals surface area contributed by atoms with Gasteiger partial charge in [0.1, 0.15) is 5.37 Å². The lowest BCUT2D eigenvalue weighted by atomic mass is 10.1. The van der Waals surface area contributed by atoms with Gasteiger partial charge in [-0.3, -0.25) is 9.59 Å². The number of rotatable bonds is 5. The summed E-state index contributed by atoms with van der Waals surface area (Å²) in [5, 5.41) is 2.80. The van der Waals surface area contributed by atoms with Crippen molar-refractivity contribution in [2.75, 3.05) is 11.9 Å². The minimum absolute atomic E-state index is 0.0223. The molecule has 0 spiro atoms. The fraction of sp³-hybridized carbons (Fsp3) is 0.333. The first-order valence-corrected chi connectivity index (χ1v) is 9.78. The van der Waals surface area contributed by atoms with E-state index in [0.29, 0.717) is 6.54 Å². The lowest BCUT2D eigenvalue weighted by Gasteiger charge is -2.25. The smallest absolute Gasteiger partial charge is 0.236 e. The molecule has 0 bridgehead atoms. The molecule has 1 saturated heterocycles. The summed E-state index contributed by atoms with van der Waals surface area (Å²) < 4.78 is 0. The van der Waals surface area contributed by atoms with Crippen LogP contribution in [0.4, 0.5) is 5.69 Å². The van der Waals surface area contributed by atoms with Crippen LogP contribution < -0.4 is 5.32 Å². The van der Waals surface area contributed by atoms with Crippen LogP contribution in [0.25, 0.3) is 0 Å². The summed E-state index contributed by atoms with van der Waals surface area (Å²) in [5.41, 5.74) is 4.25. The number of anilines is 1. The summed E-state index contributed by atoms with van der Waals surface area (Å²) in [7, 11) is 0. The fourth-order valence-corrected chi connectivity index (χ4v) is 4.49. The summed E-state index contributed by atoms with van der Waals surface area (Å²) in [5.74, 6) is 0.0288. The number of hydrogen-bond donors (Lipinski definition) is 1. The van der Waals surface area contributed by atoms with Gasteiger partial charge in [0.2, 0.25) is 11.8 Å². The Hall–Kier alpha value is -2.27. The largest absolute Gasteiger partial charge is 0.326 e. The molecule has 2 atom stereocenters. The second-order valence-electron chi connectivity index (χ2n) is 6.68. The van der Waals surface area contributed by atoms with Gasteiger partial charge in [0, 0.05) is 18.7 Å². The van der Waals surface area contributed by atoms with E-state index in [9.17, 15) is 9.59 Å². The van der Waals surface area contributed by atoms with Gasteiger partial charge in [-0.2, -0.15) is 0 Å². The second kappa shape index (κ2) is 7.96. The molecule has 0 aliphatic carbocycles. The van der Waals surface area contributed by atoms with Gasteiger partial charge in [-0.25, -0.2) is 0 Å². The molecule has 0 saturated carbocycles. The molecular weight excluding hydrogens is 344 g/mol. The Kier molecular flexibility index (Phi) is 5.67. The van der Waals surface area contributed by atoms with Gasteiger partial charge in [0.05, 0.1) is 5.25 Å². The summed E-state index contributed by atoms with van der Waals surface area (Å²) >= 11 is 1.65. The zero-order valence-corrected chi connectivity index (χ0v) is 16.2. The molecule has 3 rings (SSSR count). The van der Waals surface area contributed by atoms with Crippen LogP contribution in [0.1, 0.15) is 35.4 Å². The lowest BCUT2D eigenvalue weighted by molar-refractivity contribution is -0.130. The van der Waals surface area contributed by atoms with Crippen molar-refractivity contribution in [3.8, 4) is 0 Å². The molecule has 1 heterocycles. The van der Waals surface area contributed by atoms with E-state index >= 15 is 0 Å². The third-order valence-electron chi connectivity index (χ3n) is 4.62. The summed E-state index contributed by atoms with van der Waals surface area (Å²) in [4.78, 5) is 26.7. The van der Waals surface area contributed by atoms with Crippen LogP contribution in [0, 0.1) is 13.8 Å². The first-order valence-electron chi connectivity index (χ1n) is 8.83. The molecule has 2 aromatic carbocycles. The Morgan fingerprint density at radius 3 is 2.50 bits per heavy atom. The zero-order valence-electron chi connectivity index (χ0n) is 15.4. The van der Waals surface area contributed by atoms with Crippen molar-refractivity contribution in [1.82, 2.24) is 4.90 Å². The fourth-order valence-electron chi connectivity index (χ4n) is 3.09. The van der Waals surface area contributed by atoms with Crippen molar-refractivity contribution in [3.63, 3.8) is 0 Å². The Morgan fingerprint density at radius 1 is 1.12 bits per heavy atom. The van der Waals surface area contributed by atoms with E-state index in [1.165, 1.54) is 5.56 Å². The van der Waals surface area contributed by atoms with Crippen LogP contribution in [0.2, 0.25) is 0 Å². The van der Waals surface area contributed by atoms with Crippen LogP contribution >= 0.6 is 11.8 Å². The van der Waals surface area contributed by atoms with Crippen LogP contribution in [0.5, 0.6) is 0 Å². The number of thioether (sulfide) groups is 1. The molecular formula is C21H24N2O2S. The minimum atomic E-state index is -0.0836. The highest BCUT2D eigenvalue weighted by molar-refractivity contribution is 8.01. The number of carbonyl (C=O) groups excluding carboxylic acids is 2. The van der Waals surface area contributed by atoms with E-state index in [0.717, 1.165) is 16.8 Å². The Morgan fingerprint density at radius 2 is 1.81 bits per heavy atom. The molecule has 0 unspecified atom stereocenters. The topological polar surface area (TPSA) is 49.4 Å². The van der Waals surface area contributed by atoms with E-state index in [1.807, 2.05) is 55.1 Å². The van der Waals surface area contributed by atoms with E-state index < -0.39 is 0 Å². The van der Waals surface area contributed by atoms with Crippen molar-refractivity contribution in [2.24, 2.45) is 0 Å². The van der Waals surface area contributed by atoms with Crippen molar-refractivity contribution < 1.29 is 9.59 Å². The molecule has 1 aliphatic heterocycles. The maximum atomic E-state index is 12.6. The second-order valence-corrected chi connectivity index (χ2v) is 8.11. The molecule has 136 valence electrons. The Balaban J connectivity index is 1.66. The number of benzene rings is 2. The Labute approximate surface area is 159 Å². The van der Waals surface area contributed by atoms with Gasteiger partial charge in [-0.15, -0.1) is 11.8 Å². The third-order valence-corrected chi connectivity index (χ3v) is 5.99. The quantitative estimate of drug-likeness (QED) is 0.856. The van der Waals surface area contributed by atoms with Crippen LogP contribution in [-0.4, -0.2) is 28.5 Å². The van der Waals surface area contributed by atoms with Gasteiger partial charge < -0.3 is 10.2 Å². The molecule has 5 heteroatoms. The number of nitrogens with one attached hydrogen (secondary N) is 1. The molecule has 1 aliphatic rings. The standard InChI is InChI=1S/C21H24N2O2S/c1-14-8-10-17(11-9-14)22-19(24)12-13-23-20(25)16(3)26-21(23)18-7-5-4-6-15(18)2/h4-11,16,21H,12-13H2,1-3H3,(H,22,24)/t16-,21+/m0/s1. The van der Waals surface area contributed by atoms with Crippen LogP contribution in [-0.2, 0) is 9.59 Å². The summed E-state index contributed by atoms with van der Waals surface area (Å²) in [6.07, 6.45) is 0.287. The monoisotopic (exact) mass is 368 g/mol. The highest BCUT2D eigenvalue weighted by atomic mass is 32.2. The third kappa shape index (κ3) is 4.10. The maximum Gasteiger partial charge on any atom is 0.236 e. The average molecular weight is 369 g/mol. The first-order chi connectivity index (χ1) is 12.5. The minimum Gasteiger partial charge on any atom is -0.326 e. The molecule has 2 aromatic rings. The Bertz CT molecular complexity index is 804. The molecule has 0 aromatic heterocycles. The summed E-state index contributed by atoms with van der Waals surface area (Å²) in [6, 6.07) is 15.8. The van der Waals surface area contributed by atoms with E-state index in [2.05, 4.69) is 24.4 Å². The molecule has 4 nitrogen and oxygen atoms in total. The van der Waals surface area contributed by atoms with Gasteiger partial charge in [-0.05, 0) is 44.0 Å². The van der Waals surface area contributed by atoms with Gasteiger partial charge in [-0.1, -0.05) is 42.0 Å². The highest BCUT2D eigenvalue weighted by Crippen LogP contribution is 2.43. The van der Waals surface area contributed by atoms with Crippen LogP contribution in [0.15, 0.2) is 48.5 Å². The zero-order chi connectivity index (χ0) is 18.7. The van der Waals surface area contributed by atoms with E-state index in [4.69, 9.17) is 0 Å². The van der Waals surface area contributed by atoms with Gasteiger partial charge in [0.25, 0.3) is 0 Å². The lowest BCUT2D eigenvalue weighted by Crippen LogP contribution is -2.33. The summed E-state index contributed by atoms with van der Waals surface area (Å²) in [6.45, 7) is 6.43. The molecule has 1 fully saturated rings. The van der Waals surface area contributed by atoms with E-state index in [-0.39, 0.29) is 28.9 Å². The maximum absolute atomic E-state index is 12.6. The normalized spacial score (nSPS) is 19.7. The number of hydrogen-bond acceptors (Lipinski definition) is 3. The number of aryl methyl sites for hydroxylation is 2. The van der Waals surface area contributed by atoms with Crippen molar-refractivity contribution in [2.45, 2.75) is 37.8 Å². The first kappa shape index (κ1) is 18.5. The predicted octanol–water partition coefficient (Wildman–Crippen LogP) is 4.29. The van der Waals surface area contributed by atoms with Crippen molar-refractivity contribution in [3.05, 3.63) is 65.2 Å². The van der Waals surface area contributed by atoms with Crippen LogP contribution in [0.3, 0.4) is 0 Å². The number of amides is 2. The SMILES string of the molecule is Cc1ccc(NC(=O)CCN2C(=O)[C@H](C)S[C@@H]2c2ccccc2C)cc1. The molecule has 1 N–H and O–H groups in total. The number of carbonyl (C=O) groups is 2. The number of nitrogens with zero attached hydrogens (tertiary/aromatic N) is 1. The van der Waals surface area contributed by atoms with E-state index in [1.54, 1.807) is 11.8 Å². The molecule has 2 amide bonds. The van der Waals surface area contributed by atoms with Crippen molar-refractivity contribution >= 4 is 29.3 Å². The van der Waals surface area contributed by atoms with Gasteiger partial charge in [0.15, 0.2) is 0 Å². The molecule has 26 heavy (non-hydrogen) atoms. The highest BCUT2D eigenvalue weighted by Gasteiger charge is 2.38. The van der Waals surface area contributed by atoms with Crippen molar-refractivity contribution in [1.29, 1.82) is 0 Å². The molecule has 0 radical (unpaired) electrons. The average Bonchev–Trinajstić information content (AvgIpc) is 2.90. The van der Waals surface area contributed by atoms with Gasteiger partial charge >= 0.3 is 0 Å². The predicted molar refractivity (Wildman–Crippen MR) is 107 cm³/mol.